The summed E-state index contributed by atoms with van der Waals surface area (Å²) in [5, 5.41) is 5.45. The Morgan fingerprint density at radius 2 is 1.63 bits per heavy atom. The molecule has 4 heterocycles. The molecule has 0 aliphatic carbocycles. The molecule has 0 spiro atoms. The third kappa shape index (κ3) is 10.0. The third-order valence-corrected chi connectivity index (χ3v) is 12.6. The first-order chi connectivity index (χ1) is 29.9. The zero-order chi connectivity index (χ0) is 43.9. The van der Waals surface area contributed by atoms with E-state index in [1.807, 2.05) is 55.5 Å². The van der Waals surface area contributed by atoms with Gasteiger partial charge in [0.1, 0.15) is 12.1 Å². The minimum absolute atomic E-state index is 0.0769. The van der Waals surface area contributed by atoms with E-state index in [0.29, 0.717) is 57.4 Å². The molecule has 7 rings (SSSR count). The summed E-state index contributed by atoms with van der Waals surface area (Å²) in [5.41, 5.74) is 19.0. The first-order valence-corrected chi connectivity index (χ1v) is 22.0. The van der Waals surface area contributed by atoms with Gasteiger partial charge < -0.3 is 26.3 Å². The molecule has 15 heteroatoms. The predicted octanol–water partition coefficient (Wildman–Crippen LogP) is 3.57. The molecule has 0 radical (unpaired) electrons. The van der Waals surface area contributed by atoms with E-state index in [2.05, 4.69) is 22.8 Å². The quantitative estimate of drug-likeness (QED) is 0.0756. The van der Waals surface area contributed by atoms with Crippen molar-refractivity contribution in [3.63, 3.8) is 0 Å². The van der Waals surface area contributed by atoms with Crippen molar-refractivity contribution in [1.82, 2.24) is 19.8 Å². The monoisotopic (exact) mass is 849 g/mol. The van der Waals surface area contributed by atoms with Crippen LogP contribution in [0.15, 0.2) is 65.5 Å². The molecule has 3 aliphatic heterocycles. The van der Waals surface area contributed by atoms with Gasteiger partial charge in [-0.25, -0.2) is 4.79 Å². The topological polar surface area (TPSA) is 210 Å². The van der Waals surface area contributed by atoms with Crippen LogP contribution in [-0.4, -0.2) is 76.1 Å². The summed E-state index contributed by atoms with van der Waals surface area (Å²) in [6, 6.07) is 17.3. The van der Waals surface area contributed by atoms with Gasteiger partial charge in [0.15, 0.2) is 0 Å². The summed E-state index contributed by atoms with van der Waals surface area (Å²) in [6.45, 7) is 3.51. The Morgan fingerprint density at radius 3 is 2.40 bits per heavy atom. The molecule has 0 bridgehead atoms. The van der Waals surface area contributed by atoms with Gasteiger partial charge in [-0.1, -0.05) is 61.0 Å². The lowest BCUT2D eigenvalue weighted by Gasteiger charge is -2.30. The average molecular weight is 850 g/mol. The number of benzene rings is 3. The second-order valence-electron chi connectivity index (χ2n) is 16.9. The zero-order valence-corrected chi connectivity index (χ0v) is 35.7. The van der Waals surface area contributed by atoms with Gasteiger partial charge in [-0.2, -0.15) is 0 Å². The maximum atomic E-state index is 13.8. The van der Waals surface area contributed by atoms with Crippen molar-refractivity contribution in [2.24, 2.45) is 18.5 Å². The maximum Gasteiger partial charge on any atom is 0.329 e. The Bertz CT molecular complexity index is 2350. The Kier molecular flexibility index (Phi) is 14.4. The van der Waals surface area contributed by atoms with Crippen LogP contribution in [-0.2, 0) is 72.8 Å². The lowest BCUT2D eigenvalue weighted by molar-refractivity contribution is -0.135. The van der Waals surface area contributed by atoms with Gasteiger partial charge in [0.05, 0.1) is 41.5 Å². The number of hydrogen-bond acceptors (Lipinski definition) is 9. The molecule has 330 valence electrons. The summed E-state index contributed by atoms with van der Waals surface area (Å²) in [5.74, 6) is -1.77. The second-order valence-corrected chi connectivity index (χ2v) is 16.9. The van der Waals surface area contributed by atoms with Crippen LogP contribution in [0.2, 0.25) is 0 Å². The highest BCUT2D eigenvalue weighted by atomic mass is 16.5. The number of carbonyl (C=O) groups excluding carboxylic acids is 5. The summed E-state index contributed by atoms with van der Waals surface area (Å²) in [7, 11) is 1.73. The number of aromatic nitrogens is 2. The van der Waals surface area contributed by atoms with Crippen molar-refractivity contribution in [3.8, 4) is 0 Å². The van der Waals surface area contributed by atoms with E-state index in [1.165, 1.54) is 10.1 Å². The zero-order valence-electron chi connectivity index (χ0n) is 35.7. The number of anilines is 1. The van der Waals surface area contributed by atoms with Gasteiger partial charge in [0.2, 0.25) is 29.5 Å². The Labute approximate surface area is 361 Å². The van der Waals surface area contributed by atoms with Crippen LogP contribution in [0.4, 0.5) is 5.69 Å². The highest BCUT2D eigenvalue weighted by molar-refractivity contribution is 6.07. The van der Waals surface area contributed by atoms with E-state index >= 15 is 0 Å². The number of fused-ring (bicyclic) bond motifs is 1. The van der Waals surface area contributed by atoms with Crippen LogP contribution in [0.3, 0.4) is 0 Å². The van der Waals surface area contributed by atoms with Gasteiger partial charge in [-0.3, -0.25) is 43.3 Å². The number of carbonyl (C=O) groups is 5. The van der Waals surface area contributed by atoms with Gasteiger partial charge in [-0.05, 0) is 98.6 Å². The number of nitrogens with zero attached hydrogens (tertiary/aromatic N) is 3. The number of imidazole rings is 1. The van der Waals surface area contributed by atoms with Crippen LogP contribution in [0, 0.1) is 0 Å². The predicted molar refractivity (Wildman–Crippen MR) is 234 cm³/mol. The fraction of sp³-hybridized carbons (Fsp3) is 0.489. The lowest BCUT2D eigenvalue weighted by atomic mass is 10.0. The number of para-hydroxylation sites is 2. The molecule has 1 saturated heterocycles. The second kappa shape index (κ2) is 20.0. The Balaban J connectivity index is 0.818. The fourth-order valence-corrected chi connectivity index (χ4v) is 9.14. The summed E-state index contributed by atoms with van der Waals surface area (Å²) >= 11 is 0. The van der Waals surface area contributed by atoms with Crippen LogP contribution in [0.1, 0.15) is 98.6 Å². The molecule has 1 unspecified atom stereocenters. The maximum absolute atomic E-state index is 13.8. The van der Waals surface area contributed by atoms with E-state index in [9.17, 15) is 28.8 Å². The molecular formula is C47H59N7O8. The fourth-order valence-electron chi connectivity index (χ4n) is 9.14. The SMILES string of the molecule is C[C@@H](OCc1ccc(CCCOCCCCCc2cccc3c2n(C)c(=O)n3C2CCC(=O)NC2=O)cc1)[C@H](CCC(N)=O)NC(=O)[C@@H]1Cc2cccc3c2N1C(=O)[C@@H](N)CC3. The number of nitrogens with two attached hydrogens (primary N) is 2. The molecule has 4 aromatic rings. The minimum atomic E-state index is -0.739. The largest absolute Gasteiger partial charge is 0.381 e. The number of piperidine rings is 1. The van der Waals surface area contributed by atoms with E-state index in [0.717, 1.165) is 72.0 Å². The van der Waals surface area contributed by atoms with Crippen LogP contribution >= 0.6 is 0 Å². The van der Waals surface area contributed by atoms with Crippen molar-refractivity contribution in [2.75, 3.05) is 18.1 Å². The molecule has 1 aromatic heterocycles. The molecule has 3 aliphatic rings. The molecule has 15 nitrogen and oxygen atoms in total. The van der Waals surface area contributed by atoms with Crippen molar-refractivity contribution < 1.29 is 33.4 Å². The first-order valence-electron chi connectivity index (χ1n) is 22.0. The highest BCUT2D eigenvalue weighted by Gasteiger charge is 2.43. The van der Waals surface area contributed by atoms with E-state index < -0.39 is 42.1 Å². The number of aryl methyl sites for hydroxylation is 4. The average Bonchev–Trinajstić information content (AvgIpc) is 3.73. The van der Waals surface area contributed by atoms with Gasteiger partial charge in [0.25, 0.3) is 0 Å². The number of imide groups is 1. The number of amides is 5. The Hall–Kier alpha value is -5.64. The Morgan fingerprint density at radius 1 is 0.887 bits per heavy atom. The third-order valence-electron chi connectivity index (χ3n) is 12.6. The number of hydrogen-bond donors (Lipinski definition) is 4. The van der Waals surface area contributed by atoms with Gasteiger partial charge >= 0.3 is 5.69 Å². The van der Waals surface area contributed by atoms with Crippen LogP contribution in [0.25, 0.3) is 11.0 Å². The molecular weight excluding hydrogens is 791 g/mol. The number of primary amides is 1. The first kappa shape index (κ1) is 44.4. The lowest BCUT2D eigenvalue weighted by Crippen LogP contribution is -2.55. The number of rotatable bonds is 20. The van der Waals surface area contributed by atoms with E-state index in [4.69, 9.17) is 20.9 Å². The van der Waals surface area contributed by atoms with Crippen molar-refractivity contribution in [1.29, 1.82) is 0 Å². The molecule has 3 aromatic carbocycles. The van der Waals surface area contributed by atoms with Crippen molar-refractivity contribution >= 4 is 46.3 Å². The normalized spacial score (nSPS) is 19.6. The minimum Gasteiger partial charge on any atom is -0.381 e. The summed E-state index contributed by atoms with van der Waals surface area (Å²) in [4.78, 5) is 78.0. The smallest absolute Gasteiger partial charge is 0.329 e. The molecule has 0 saturated carbocycles. The van der Waals surface area contributed by atoms with Crippen molar-refractivity contribution in [3.05, 3.63) is 99.0 Å². The number of ether oxygens (including phenoxy) is 2. The molecule has 6 N–H and O–H groups in total. The van der Waals surface area contributed by atoms with Gasteiger partial charge in [-0.15, -0.1) is 0 Å². The molecule has 62 heavy (non-hydrogen) atoms. The molecule has 1 fully saturated rings. The number of nitrogens with one attached hydrogen (secondary N) is 2. The van der Waals surface area contributed by atoms with Gasteiger partial charge in [0, 0.05) is 39.5 Å². The summed E-state index contributed by atoms with van der Waals surface area (Å²) in [6.07, 6.45) is 7.42. The summed E-state index contributed by atoms with van der Waals surface area (Å²) < 4.78 is 15.3. The van der Waals surface area contributed by atoms with E-state index in [1.54, 1.807) is 16.5 Å². The number of unbranched alkanes of at least 4 members (excludes halogenated alkanes) is 2. The highest BCUT2D eigenvalue weighted by Crippen LogP contribution is 2.39. The molecule has 5 amide bonds. The van der Waals surface area contributed by atoms with Crippen LogP contribution in [0.5, 0.6) is 0 Å². The van der Waals surface area contributed by atoms with E-state index in [-0.39, 0.29) is 36.3 Å². The van der Waals surface area contributed by atoms with Crippen LogP contribution < -0.4 is 32.7 Å². The molecule has 5 atom stereocenters. The van der Waals surface area contributed by atoms with Crippen molar-refractivity contribution in [2.45, 2.75) is 127 Å². The standard InChI is InChI=1S/C47H59N7O8/c1-29(36(21-23-40(49)55)50-45(58)39-27-34-13-6-11-33-19-20-35(48)46(59)54(39)42(33)34)62-28-31-17-15-30(16-18-31)9-8-26-61-25-5-3-4-10-32-12-7-14-37-43(32)52(2)47(60)53(37)38-22-24-41(56)51-44(38)57/h6-7,11-18,29,35-36,38-39H,3-5,8-10,19-28,48H2,1-2H3,(H2,49,55)(H,50,58)(H,51,56,57)/t29-,35+,36+,38?,39+/m1/s1.